The molecule has 98 valence electrons. The molecule has 2 aromatic rings. The van der Waals surface area contributed by atoms with Crippen LogP contribution in [0, 0.1) is 11.8 Å². The maximum atomic E-state index is 11.5. The van der Waals surface area contributed by atoms with E-state index in [4.69, 9.17) is 4.74 Å². The lowest BCUT2D eigenvalue weighted by Crippen LogP contribution is -2.00. The number of ether oxygens (including phenoxy) is 1. The molecule has 0 bridgehead atoms. The molecule has 2 rings (SSSR count). The highest BCUT2D eigenvalue weighted by atomic mass is 16.5. The summed E-state index contributed by atoms with van der Waals surface area (Å²) in [5.74, 6) is 5.33. The molecule has 0 aliphatic carbocycles. The molecule has 0 spiro atoms. The van der Waals surface area contributed by atoms with Crippen molar-refractivity contribution in [3.8, 4) is 11.8 Å². The average Bonchev–Trinajstić information content (AvgIpc) is 2.52. The van der Waals surface area contributed by atoms with Crippen molar-refractivity contribution in [1.82, 2.24) is 0 Å². The third kappa shape index (κ3) is 4.83. The van der Waals surface area contributed by atoms with Gasteiger partial charge >= 0.3 is 5.97 Å². The fourth-order valence-electron chi connectivity index (χ4n) is 1.54. The Morgan fingerprint density at radius 3 is 2.35 bits per heavy atom. The van der Waals surface area contributed by atoms with Gasteiger partial charge in [-0.25, -0.2) is 4.79 Å². The molecule has 2 nitrogen and oxygen atoms in total. The second-order valence-electron chi connectivity index (χ2n) is 4.02. The van der Waals surface area contributed by atoms with Crippen LogP contribution in [0.5, 0.6) is 0 Å². The summed E-state index contributed by atoms with van der Waals surface area (Å²) in [4.78, 5) is 11.5. The molecule has 0 unspecified atom stereocenters. The summed E-state index contributed by atoms with van der Waals surface area (Å²) < 4.78 is 4.99. The third-order valence-electron chi connectivity index (χ3n) is 2.50. The topological polar surface area (TPSA) is 26.3 Å². The zero-order valence-corrected chi connectivity index (χ0v) is 11.0. The molecular formula is C18H14O2. The molecule has 0 N–H and O–H groups in total. The maximum Gasteiger partial charge on any atom is 0.331 e. The molecule has 2 heteroatoms. The van der Waals surface area contributed by atoms with Crippen LogP contribution in [-0.2, 0) is 9.53 Å². The monoisotopic (exact) mass is 262 g/mol. The Morgan fingerprint density at radius 2 is 1.65 bits per heavy atom. The van der Waals surface area contributed by atoms with Gasteiger partial charge in [0.05, 0.1) is 0 Å². The Labute approximate surface area is 118 Å². The van der Waals surface area contributed by atoms with Gasteiger partial charge in [0.25, 0.3) is 0 Å². The molecule has 20 heavy (non-hydrogen) atoms. The van der Waals surface area contributed by atoms with E-state index in [2.05, 4.69) is 11.8 Å². The molecule has 0 saturated heterocycles. The van der Waals surface area contributed by atoms with Crippen LogP contribution in [0.3, 0.4) is 0 Å². The van der Waals surface area contributed by atoms with Crippen LogP contribution in [-0.4, -0.2) is 12.6 Å². The number of esters is 1. The highest BCUT2D eigenvalue weighted by Crippen LogP contribution is 2.01. The number of carbonyl (C=O) groups is 1. The Balaban J connectivity index is 1.79. The predicted molar refractivity (Wildman–Crippen MR) is 79.8 cm³/mol. The minimum Gasteiger partial charge on any atom is -0.449 e. The largest absolute Gasteiger partial charge is 0.449 e. The van der Waals surface area contributed by atoms with Crippen molar-refractivity contribution in [2.24, 2.45) is 0 Å². The average molecular weight is 262 g/mol. The molecule has 2 aromatic carbocycles. The molecule has 0 amide bonds. The van der Waals surface area contributed by atoms with Crippen molar-refractivity contribution in [2.75, 3.05) is 6.61 Å². The normalized spacial score (nSPS) is 9.80. The van der Waals surface area contributed by atoms with Crippen molar-refractivity contribution in [1.29, 1.82) is 0 Å². The highest BCUT2D eigenvalue weighted by molar-refractivity contribution is 5.87. The fraction of sp³-hybridized carbons (Fsp3) is 0.0556. The standard InChI is InChI=1S/C18H14O2/c19-18(14-13-17-10-5-2-6-11-17)20-15-7-12-16-8-3-1-4-9-16/h1-6,8-11,13-14H,15H2/b14-13-. The molecular weight excluding hydrogens is 248 g/mol. The first-order valence-corrected chi connectivity index (χ1v) is 6.28. The minimum absolute atomic E-state index is 0.0901. The van der Waals surface area contributed by atoms with E-state index in [-0.39, 0.29) is 6.61 Å². The van der Waals surface area contributed by atoms with Crippen LogP contribution in [0.2, 0.25) is 0 Å². The van der Waals surface area contributed by atoms with Crippen molar-refractivity contribution in [3.05, 3.63) is 77.9 Å². The Kier molecular flexibility index (Phi) is 5.18. The van der Waals surface area contributed by atoms with Crippen LogP contribution in [0.15, 0.2) is 66.7 Å². The van der Waals surface area contributed by atoms with Gasteiger partial charge < -0.3 is 4.74 Å². The van der Waals surface area contributed by atoms with E-state index in [9.17, 15) is 4.79 Å². The highest BCUT2D eigenvalue weighted by Gasteiger charge is 1.94. The van der Waals surface area contributed by atoms with E-state index in [1.807, 2.05) is 60.7 Å². The molecule has 0 aliphatic heterocycles. The molecule has 0 saturated carbocycles. The zero-order chi connectivity index (χ0) is 14.0. The summed E-state index contributed by atoms with van der Waals surface area (Å²) in [5.41, 5.74) is 1.86. The molecule has 0 atom stereocenters. The smallest absolute Gasteiger partial charge is 0.331 e. The number of rotatable bonds is 3. The van der Waals surface area contributed by atoms with Gasteiger partial charge in [0.2, 0.25) is 0 Å². The SMILES string of the molecule is O=C(/C=C\c1ccccc1)OCC#Cc1ccccc1. The molecule has 0 heterocycles. The zero-order valence-electron chi connectivity index (χ0n) is 11.0. The lowest BCUT2D eigenvalue weighted by Gasteiger charge is -1.95. The van der Waals surface area contributed by atoms with Gasteiger partial charge in [0.15, 0.2) is 6.61 Å². The van der Waals surface area contributed by atoms with E-state index in [1.165, 1.54) is 6.08 Å². The number of carbonyl (C=O) groups excluding carboxylic acids is 1. The lowest BCUT2D eigenvalue weighted by molar-refractivity contribution is -0.136. The van der Waals surface area contributed by atoms with Gasteiger partial charge in [-0.1, -0.05) is 60.4 Å². The van der Waals surface area contributed by atoms with Gasteiger partial charge in [0.1, 0.15) is 0 Å². The maximum absolute atomic E-state index is 11.5. The number of benzene rings is 2. The Bertz CT molecular complexity index is 631. The molecule has 0 fully saturated rings. The predicted octanol–water partition coefficient (Wildman–Crippen LogP) is 3.29. The summed E-state index contributed by atoms with van der Waals surface area (Å²) in [6, 6.07) is 19.2. The van der Waals surface area contributed by atoms with Crippen LogP contribution < -0.4 is 0 Å². The van der Waals surface area contributed by atoms with Crippen molar-refractivity contribution in [3.63, 3.8) is 0 Å². The Morgan fingerprint density at radius 1 is 1.00 bits per heavy atom. The first-order chi connectivity index (χ1) is 9.84. The van der Waals surface area contributed by atoms with E-state index in [0.29, 0.717) is 0 Å². The van der Waals surface area contributed by atoms with E-state index in [1.54, 1.807) is 6.08 Å². The summed E-state index contributed by atoms with van der Waals surface area (Å²) in [5, 5.41) is 0. The lowest BCUT2D eigenvalue weighted by atomic mass is 10.2. The fourth-order valence-corrected chi connectivity index (χ4v) is 1.54. The second-order valence-corrected chi connectivity index (χ2v) is 4.02. The van der Waals surface area contributed by atoms with Gasteiger partial charge in [-0.05, 0) is 23.8 Å². The van der Waals surface area contributed by atoms with Gasteiger partial charge in [-0.15, -0.1) is 0 Å². The van der Waals surface area contributed by atoms with E-state index >= 15 is 0 Å². The van der Waals surface area contributed by atoms with Crippen molar-refractivity contribution in [2.45, 2.75) is 0 Å². The molecule has 0 aliphatic rings. The number of hydrogen-bond acceptors (Lipinski definition) is 2. The summed E-state index contributed by atoms with van der Waals surface area (Å²) in [6.45, 7) is 0.0901. The van der Waals surface area contributed by atoms with E-state index in [0.717, 1.165) is 11.1 Å². The quantitative estimate of drug-likeness (QED) is 0.482. The van der Waals surface area contributed by atoms with Crippen LogP contribution >= 0.6 is 0 Å². The first-order valence-electron chi connectivity index (χ1n) is 6.28. The summed E-state index contributed by atoms with van der Waals surface area (Å²) in [7, 11) is 0. The first kappa shape index (κ1) is 13.6. The Hall–Kier alpha value is -2.79. The minimum atomic E-state index is -0.392. The van der Waals surface area contributed by atoms with Gasteiger partial charge in [0, 0.05) is 11.6 Å². The van der Waals surface area contributed by atoms with Crippen molar-refractivity contribution >= 4 is 12.0 Å². The van der Waals surface area contributed by atoms with Gasteiger partial charge in [-0.2, -0.15) is 0 Å². The summed E-state index contributed by atoms with van der Waals surface area (Å²) >= 11 is 0. The van der Waals surface area contributed by atoms with Crippen LogP contribution in [0.1, 0.15) is 11.1 Å². The van der Waals surface area contributed by atoms with Crippen LogP contribution in [0.25, 0.3) is 6.08 Å². The van der Waals surface area contributed by atoms with Crippen LogP contribution in [0.4, 0.5) is 0 Å². The second kappa shape index (κ2) is 7.60. The van der Waals surface area contributed by atoms with Crippen molar-refractivity contribution < 1.29 is 9.53 Å². The van der Waals surface area contributed by atoms with E-state index < -0.39 is 5.97 Å². The molecule has 0 aromatic heterocycles. The molecule has 0 radical (unpaired) electrons. The summed E-state index contributed by atoms with van der Waals surface area (Å²) in [6.07, 6.45) is 3.12. The number of hydrogen-bond donors (Lipinski definition) is 0. The van der Waals surface area contributed by atoms with Gasteiger partial charge in [-0.3, -0.25) is 0 Å². The third-order valence-corrected chi connectivity index (χ3v) is 2.50.